The molecule has 0 bridgehead atoms. The van der Waals surface area contributed by atoms with Gasteiger partial charge in [0.1, 0.15) is 6.04 Å². The van der Waals surface area contributed by atoms with Crippen LogP contribution in [0.2, 0.25) is 0 Å². The van der Waals surface area contributed by atoms with Crippen molar-refractivity contribution in [3.63, 3.8) is 0 Å². The van der Waals surface area contributed by atoms with Crippen LogP contribution < -0.4 is 11.1 Å². The summed E-state index contributed by atoms with van der Waals surface area (Å²) >= 11 is 0. The highest BCUT2D eigenvalue weighted by Gasteiger charge is 2.17. The maximum Gasteiger partial charge on any atom is 0.326 e. The molecule has 0 saturated heterocycles. The predicted octanol–water partition coefficient (Wildman–Crippen LogP) is 1.65. The lowest BCUT2D eigenvalue weighted by Gasteiger charge is -2.11. The van der Waals surface area contributed by atoms with Crippen molar-refractivity contribution in [1.29, 1.82) is 0 Å². The standard InChI is InChI=1S/C14H18N2O3/c1-2-3-12(14(18)19)16-13(17)9-6-10-4-7-11(15)8-5-10/h4-9,12H,2-3,15H2,1H3,(H,16,17)(H,18,19)/b9-6+/t12-/m0/s1. The number of hydrogen-bond acceptors (Lipinski definition) is 3. The van der Waals surface area contributed by atoms with E-state index < -0.39 is 17.9 Å². The molecule has 1 atom stereocenters. The smallest absolute Gasteiger partial charge is 0.326 e. The van der Waals surface area contributed by atoms with Crippen molar-refractivity contribution in [3.8, 4) is 0 Å². The van der Waals surface area contributed by atoms with E-state index in [2.05, 4.69) is 5.32 Å². The summed E-state index contributed by atoms with van der Waals surface area (Å²) in [5.41, 5.74) is 7.02. The van der Waals surface area contributed by atoms with Crippen molar-refractivity contribution in [1.82, 2.24) is 5.32 Å². The lowest BCUT2D eigenvalue weighted by Crippen LogP contribution is -2.39. The van der Waals surface area contributed by atoms with E-state index in [-0.39, 0.29) is 0 Å². The van der Waals surface area contributed by atoms with E-state index in [0.29, 0.717) is 18.5 Å². The number of nitrogens with one attached hydrogen (secondary N) is 1. The number of carbonyl (C=O) groups is 2. The zero-order valence-electron chi connectivity index (χ0n) is 10.8. The Morgan fingerprint density at radius 1 is 1.37 bits per heavy atom. The Balaban J connectivity index is 2.58. The largest absolute Gasteiger partial charge is 0.480 e. The Morgan fingerprint density at radius 2 is 2.00 bits per heavy atom. The highest BCUT2D eigenvalue weighted by Crippen LogP contribution is 2.07. The molecule has 4 N–H and O–H groups in total. The lowest BCUT2D eigenvalue weighted by atomic mass is 10.1. The summed E-state index contributed by atoms with van der Waals surface area (Å²) in [6, 6.07) is 6.18. The molecule has 0 saturated carbocycles. The molecule has 1 amide bonds. The van der Waals surface area contributed by atoms with Crippen LogP contribution in [-0.4, -0.2) is 23.0 Å². The van der Waals surface area contributed by atoms with Crippen molar-refractivity contribution in [2.24, 2.45) is 0 Å². The zero-order valence-corrected chi connectivity index (χ0v) is 10.8. The number of rotatable bonds is 6. The molecule has 19 heavy (non-hydrogen) atoms. The molecule has 102 valence electrons. The zero-order chi connectivity index (χ0) is 14.3. The first-order valence-electron chi connectivity index (χ1n) is 6.10. The van der Waals surface area contributed by atoms with E-state index in [0.717, 1.165) is 5.56 Å². The Kier molecular flexibility index (Phi) is 5.60. The van der Waals surface area contributed by atoms with Crippen molar-refractivity contribution >= 4 is 23.6 Å². The molecule has 0 spiro atoms. The summed E-state index contributed by atoms with van der Waals surface area (Å²) in [5.74, 6) is -1.44. The second-order valence-corrected chi connectivity index (χ2v) is 4.19. The predicted molar refractivity (Wildman–Crippen MR) is 74.4 cm³/mol. The first-order valence-corrected chi connectivity index (χ1v) is 6.10. The van der Waals surface area contributed by atoms with Gasteiger partial charge in [-0.2, -0.15) is 0 Å². The fourth-order valence-corrected chi connectivity index (χ4v) is 1.54. The Bertz CT molecular complexity index is 466. The van der Waals surface area contributed by atoms with Crippen LogP contribution in [0.25, 0.3) is 6.08 Å². The Morgan fingerprint density at radius 3 is 2.53 bits per heavy atom. The Labute approximate surface area is 112 Å². The molecule has 0 unspecified atom stereocenters. The van der Waals surface area contributed by atoms with E-state index in [4.69, 9.17) is 10.8 Å². The molecule has 0 aromatic heterocycles. The molecule has 0 aliphatic rings. The molecular formula is C14H18N2O3. The van der Waals surface area contributed by atoms with Crippen molar-refractivity contribution in [2.45, 2.75) is 25.8 Å². The molecule has 0 radical (unpaired) electrons. The van der Waals surface area contributed by atoms with Crippen LogP contribution >= 0.6 is 0 Å². The number of carboxylic acid groups (broad SMARTS) is 1. The molecule has 5 nitrogen and oxygen atoms in total. The average molecular weight is 262 g/mol. The Hall–Kier alpha value is -2.30. The molecule has 1 rings (SSSR count). The van der Waals surface area contributed by atoms with Crippen LogP contribution in [0, 0.1) is 0 Å². The SMILES string of the molecule is CCC[C@H](NC(=O)/C=C/c1ccc(N)cc1)C(=O)O. The molecule has 0 heterocycles. The summed E-state index contributed by atoms with van der Waals surface area (Å²) in [6.07, 6.45) is 4.03. The van der Waals surface area contributed by atoms with Gasteiger partial charge in [-0.15, -0.1) is 0 Å². The van der Waals surface area contributed by atoms with Crippen molar-refractivity contribution < 1.29 is 14.7 Å². The monoisotopic (exact) mass is 262 g/mol. The van der Waals surface area contributed by atoms with Crippen LogP contribution in [0.3, 0.4) is 0 Å². The maximum atomic E-state index is 11.6. The first kappa shape index (κ1) is 14.8. The van der Waals surface area contributed by atoms with E-state index in [1.807, 2.05) is 6.92 Å². The van der Waals surface area contributed by atoms with Gasteiger partial charge >= 0.3 is 5.97 Å². The van der Waals surface area contributed by atoms with E-state index in [1.165, 1.54) is 6.08 Å². The molecule has 5 heteroatoms. The van der Waals surface area contributed by atoms with Gasteiger partial charge in [0.05, 0.1) is 0 Å². The maximum absolute atomic E-state index is 11.6. The summed E-state index contributed by atoms with van der Waals surface area (Å²) in [7, 11) is 0. The van der Waals surface area contributed by atoms with Gasteiger partial charge in [0.25, 0.3) is 0 Å². The van der Waals surface area contributed by atoms with Crippen LogP contribution in [0.5, 0.6) is 0 Å². The highest BCUT2D eigenvalue weighted by atomic mass is 16.4. The van der Waals surface area contributed by atoms with Gasteiger partial charge in [-0.3, -0.25) is 4.79 Å². The number of benzene rings is 1. The van der Waals surface area contributed by atoms with Crippen LogP contribution in [-0.2, 0) is 9.59 Å². The minimum Gasteiger partial charge on any atom is -0.480 e. The highest BCUT2D eigenvalue weighted by molar-refractivity contribution is 5.94. The third-order valence-corrected chi connectivity index (χ3v) is 2.56. The van der Waals surface area contributed by atoms with E-state index >= 15 is 0 Å². The number of carbonyl (C=O) groups excluding carboxylic acids is 1. The molecule has 1 aromatic carbocycles. The third-order valence-electron chi connectivity index (χ3n) is 2.56. The van der Waals surface area contributed by atoms with Gasteiger partial charge in [0, 0.05) is 11.8 Å². The number of amides is 1. The minimum absolute atomic E-state index is 0.413. The number of anilines is 1. The van der Waals surface area contributed by atoms with Gasteiger partial charge in [-0.25, -0.2) is 4.79 Å². The van der Waals surface area contributed by atoms with Crippen LogP contribution in [0.1, 0.15) is 25.3 Å². The summed E-state index contributed by atoms with van der Waals surface area (Å²) in [5, 5.41) is 11.4. The topological polar surface area (TPSA) is 92.4 Å². The molecule has 0 aliphatic heterocycles. The minimum atomic E-state index is -1.02. The van der Waals surface area contributed by atoms with Crippen LogP contribution in [0.15, 0.2) is 30.3 Å². The second-order valence-electron chi connectivity index (χ2n) is 4.19. The normalized spacial score (nSPS) is 12.3. The number of nitrogens with two attached hydrogens (primary N) is 1. The molecule has 0 fully saturated rings. The lowest BCUT2D eigenvalue weighted by molar-refractivity contribution is -0.141. The summed E-state index contributed by atoms with van der Waals surface area (Å²) < 4.78 is 0. The second kappa shape index (κ2) is 7.20. The van der Waals surface area contributed by atoms with Gasteiger partial charge in [-0.1, -0.05) is 25.5 Å². The van der Waals surface area contributed by atoms with Crippen molar-refractivity contribution in [2.75, 3.05) is 5.73 Å². The first-order chi connectivity index (χ1) is 9.02. The quantitative estimate of drug-likeness (QED) is 0.537. The van der Waals surface area contributed by atoms with E-state index in [1.54, 1.807) is 30.3 Å². The third kappa shape index (κ3) is 5.25. The summed E-state index contributed by atoms with van der Waals surface area (Å²) in [6.45, 7) is 1.87. The number of carboxylic acids is 1. The van der Waals surface area contributed by atoms with E-state index in [9.17, 15) is 9.59 Å². The van der Waals surface area contributed by atoms with Crippen molar-refractivity contribution in [3.05, 3.63) is 35.9 Å². The molecular weight excluding hydrogens is 244 g/mol. The molecule has 0 aliphatic carbocycles. The number of aliphatic carboxylic acids is 1. The summed E-state index contributed by atoms with van der Waals surface area (Å²) in [4.78, 5) is 22.5. The van der Waals surface area contributed by atoms with Gasteiger partial charge in [0.2, 0.25) is 5.91 Å². The van der Waals surface area contributed by atoms with Gasteiger partial charge < -0.3 is 16.2 Å². The van der Waals surface area contributed by atoms with Gasteiger partial charge in [0.15, 0.2) is 0 Å². The molecule has 1 aromatic rings. The fraction of sp³-hybridized carbons (Fsp3) is 0.286. The number of hydrogen-bond donors (Lipinski definition) is 3. The number of nitrogen functional groups attached to an aromatic ring is 1. The average Bonchev–Trinajstić information content (AvgIpc) is 2.37. The van der Waals surface area contributed by atoms with Gasteiger partial charge in [-0.05, 0) is 30.2 Å². The fourth-order valence-electron chi connectivity index (χ4n) is 1.54. The van der Waals surface area contributed by atoms with Crippen LogP contribution in [0.4, 0.5) is 5.69 Å².